The van der Waals surface area contributed by atoms with Crippen molar-refractivity contribution < 1.29 is 9.63 Å². The lowest BCUT2D eigenvalue weighted by Crippen LogP contribution is -2.27. The molecule has 3 heteroatoms. The van der Waals surface area contributed by atoms with Crippen LogP contribution in [0.15, 0.2) is 0 Å². The van der Waals surface area contributed by atoms with E-state index in [9.17, 15) is 4.79 Å². The SMILES string of the molecule is CON(C)C(=O)CC1CCCCC1. The number of nitrogens with zero attached hydrogens (tertiary/aromatic N) is 1. The van der Waals surface area contributed by atoms with E-state index in [2.05, 4.69) is 0 Å². The fourth-order valence-corrected chi connectivity index (χ4v) is 1.87. The molecule has 0 saturated heterocycles. The molecule has 3 nitrogen and oxygen atoms in total. The molecule has 0 spiro atoms. The Morgan fingerprint density at radius 2 is 2.00 bits per heavy atom. The molecule has 0 aromatic rings. The van der Waals surface area contributed by atoms with Gasteiger partial charge in [0.2, 0.25) is 5.91 Å². The Morgan fingerprint density at radius 1 is 1.38 bits per heavy atom. The van der Waals surface area contributed by atoms with Crippen molar-refractivity contribution >= 4 is 5.91 Å². The van der Waals surface area contributed by atoms with Crippen molar-refractivity contribution in [1.29, 1.82) is 0 Å². The molecule has 0 heterocycles. The zero-order valence-electron chi connectivity index (χ0n) is 8.58. The van der Waals surface area contributed by atoms with E-state index in [0.717, 1.165) is 0 Å². The van der Waals surface area contributed by atoms with Crippen molar-refractivity contribution in [2.24, 2.45) is 5.92 Å². The highest BCUT2D eigenvalue weighted by Crippen LogP contribution is 2.26. The van der Waals surface area contributed by atoms with Crippen LogP contribution in [-0.2, 0) is 9.63 Å². The molecule has 0 aromatic heterocycles. The van der Waals surface area contributed by atoms with Gasteiger partial charge in [-0.1, -0.05) is 19.3 Å². The van der Waals surface area contributed by atoms with Crippen molar-refractivity contribution in [3.8, 4) is 0 Å². The normalized spacial score (nSPS) is 18.6. The molecule has 1 rings (SSSR count). The lowest BCUT2D eigenvalue weighted by molar-refractivity contribution is -0.169. The zero-order chi connectivity index (χ0) is 9.68. The molecule has 0 unspecified atom stereocenters. The lowest BCUT2D eigenvalue weighted by atomic mass is 9.87. The van der Waals surface area contributed by atoms with Gasteiger partial charge in [0.25, 0.3) is 0 Å². The van der Waals surface area contributed by atoms with Gasteiger partial charge in [0.1, 0.15) is 0 Å². The summed E-state index contributed by atoms with van der Waals surface area (Å²) < 4.78 is 0. The van der Waals surface area contributed by atoms with Gasteiger partial charge >= 0.3 is 0 Å². The van der Waals surface area contributed by atoms with E-state index < -0.39 is 0 Å². The van der Waals surface area contributed by atoms with E-state index in [1.807, 2.05) is 0 Å². The fourth-order valence-electron chi connectivity index (χ4n) is 1.87. The topological polar surface area (TPSA) is 29.5 Å². The lowest BCUT2D eigenvalue weighted by Gasteiger charge is -2.22. The average molecular weight is 185 g/mol. The number of hydrogen-bond acceptors (Lipinski definition) is 2. The number of carbonyl (C=O) groups excluding carboxylic acids is 1. The van der Waals surface area contributed by atoms with Crippen LogP contribution in [0.5, 0.6) is 0 Å². The third-order valence-electron chi connectivity index (χ3n) is 2.81. The Bertz CT molecular complexity index is 164. The van der Waals surface area contributed by atoms with Gasteiger partial charge in [-0.25, -0.2) is 5.06 Å². The summed E-state index contributed by atoms with van der Waals surface area (Å²) >= 11 is 0. The second-order valence-corrected chi connectivity index (χ2v) is 3.78. The predicted octanol–water partition coefficient (Wildman–Crippen LogP) is 1.98. The first kappa shape index (κ1) is 10.5. The fraction of sp³-hybridized carbons (Fsp3) is 0.900. The molecular weight excluding hydrogens is 166 g/mol. The predicted molar refractivity (Wildman–Crippen MR) is 51.0 cm³/mol. The molecule has 0 atom stereocenters. The summed E-state index contributed by atoms with van der Waals surface area (Å²) in [7, 11) is 3.20. The first-order valence-electron chi connectivity index (χ1n) is 5.04. The molecule has 0 bridgehead atoms. The van der Waals surface area contributed by atoms with Crippen LogP contribution in [0.2, 0.25) is 0 Å². The average Bonchev–Trinajstić information content (AvgIpc) is 2.18. The van der Waals surface area contributed by atoms with Crippen molar-refractivity contribution in [1.82, 2.24) is 5.06 Å². The first-order valence-corrected chi connectivity index (χ1v) is 5.04. The van der Waals surface area contributed by atoms with E-state index >= 15 is 0 Å². The number of rotatable bonds is 3. The Labute approximate surface area is 80.0 Å². The Hall–Kier alpha value is -0.570. The second-order valence-electron chi connectivity index (χ2n) is 3.78. The Kier molecular flexibility index (Phi) is 4.22. The molecule has 1 saturated carbocycles. The van der Waals surface area contributed by atoms with E-state index in [4.69, 9.17) is 4.84 Å². The van der Waals surface area contributed by atoms with Crippen LogP contribution in [0, 0.1) is 5.92 Å². The summed E-state index contributed by atoms with van der Waals surface area (Å²) in [5.74, 6) is 0.702. The third kappa shape index (κ3) is 3.35. The highest BCUT2D eigenvalue weighted by Gasteiger charge is 2.18. The van der Waals surface area contributed by atoms with Crippen LogP contribution in [0.3, 0.4) is 0 Å². The molecule has 76 valence electrons. The minimum Gasteiger partial charge on any atom is -0.275 e. The van der Waals surface area contributed by atoms with E-state index in [1.165, 1.54) is 44.3 Å². The highest BCUT2D eigenvalue weighted by molar-refractivity contribution is 5.75. The molecule has 1 aliphatic carbocycles. The molecule has 13 heavy (non-hydrogen) atoms. The number of hydrogen-bond donors (Lipinski definition) is 0. The van der Waals surface area contributed by atoms with Crippen molar-refractivity contribution in [2.45, 2.75) is 38.5 Å². The molecule has 0 aliphatic heterocycles. The maximum Gasteiger partial charge on any atom is 0.246 e. The van der Waals surface area contributed by atoms with Gasteiger partial charge in [0.05, 0.1) is 7.11 Å². The molecule has 1 aliphatic rings. The van der Waals surface area contributed by atoms with Gasteiger partial charge < -0.3 is 0 Å². The maximum atomic E-state index is 11.4. The molecule has 1 amide bonds. The summed E-state index contributed by atoms with van der Waals surface area (Å²) in [5.41, 5.74) is 0. The third-order valence-corrected chi connectivity index (χ3v) is 2.81. The van der Waals surface area contributed by atoms with E-state index in [1.54, 1.807) is 7.05 Å². The largest absolute Gasteiger partial charge is 0.275 e. The van der Waals surface area contributed by atoms with Gasteiger partial charge in [0, 0.05) is 13.5 Å². The summed E-state index contributed by atoms with van der Waals surface area (Å²) in [4.78, 5) is 16.3. The zero-order valence-corrected chi connectivity index (χ0v) is 8.58. The molecule has 0 radical (unpaired) electrons. The van der Waals surface area contributed by atoms with Crippen LogP contribution in [0.1, 0.15) is 38.5 Å². The van der Waals surface area contributed by atoms with Crippen LogP contribution in [0.25, 0.3) is 0 Å². The summed E-state index contributed by atoms with van der Waals surface area (Å²) in [6.45, 7) is 0. The smallest absolute Gasteiger partial charge is 0.246 e. The van der Waals surface area contributed by atoms with Crippen LogP contribution < -0.4 is 0 Å². The second kappa shape index (κ2) is 5.22. The van der Waals surface area contributed by atoms with E-state index in [0.29, 0.717) is 12.3 Å². The first-order chi connectivity index (χ1) is 6.24. The van der Waals surface area contributed by atoms with E-state index in [-0.39, 0.29) is 5.91 Å². The van der Waals surface area contributed by atoms with Gasteiger partial charge in [0.15, 0.2) is 0 Å². The Balaban J connectivity index is 2.26. The number of carbonyl (C=O) groups is 1. The van der Waals surface area contributed by atoms with Crippen molar-refractivity contribution in [2.75, 3.05) is 14.2 Å². The molecule has 0 N–H and O–H groups in total. The minimum atomic E-state index is 0.106. The Morgan fingerprint density at radius 3 is 2.54 bits per heavy atom. The molecule has 0 aromatic carbocycles. The quantitative estimate of drug-likeness (QED) is 0.629. The number of hydroxylamine groups is 2. The van der Waals surface area contributed by atoms with Gasteiger partial charge in [-0.2, -0.15) is 0 Å². The minimum absolute atomic E-state index is 0.106. The molecular formula is C10H19NO2. The van der Waals surface area contributed by atoms with Crippen molar-refractivity contribution in [3.63, 3.8) is 0 Å². The van der Waals surface area contributed by atoms with Crippen LogP contribution in [0.4, 0.5) is 0 Å². The van der Waals surface area contributed by atoms with Gasteiger partial charge in [-0.05, 0) is 18.8 Å². The highest BCUT2D eigenvalue weighted by atomic mass is 16.7. The van der Waals surface area contributed by atoms with Crippen LogP contribution >= 0.6 is 0 Å². The van der Waals surface area contributed by atoms with Crippen molar-refractivity contribution in [3.05, 3.63) is 0 Å². The monoisotopic (exact) mass is 185 g/mol. The van der Waals surface area contributed by atoms with Gasteiger partial charge in [-0.3, -0.25) is 9.63 Å². The summed E-state index contributed by atoms with van der Waals surface area (Å²) in [5, 5.41) is 1.33. The summed E-state index contributed by atoms with van der Waals surface area (Å²) in [6.07, 6.45) is 6.99. The molecule has 1 fully saturated rings. The standard InChI is InChI=1S/C10H19NO2/c1-11(13-2)10(12)8-9-6-4-3-5-7-9/h9H,3-8H2,1-2H3. The number of amides is 1. The van der Waals surface area contributed by atoms with Gasteiger partial charge in [-0.15, -0.1) is 0 Å². The van der Waals surface area contributed by atoms with Crippen LogP contribution in [-0.4, -0.2) is 25.1 Å². The summed E-state index contributed by atoms with van der Waals surface area (Å²) in [6, 6.07) is 0. The maximum absolute atomic E-state index is 11.4.